The number of rotatable bonds is 7. The monoisotopic (exact) mass is 363 g/mol. The van der Waals surface area contributed by atoms with E-state index < -0.39 is 0 Å². The fourth-order valence-electron chi connectivity index (χ4n) is 1.88. The number of H-pyrrole nitrogens is 1. The van der Waals surface area contributed by atoms with E-state index in [1.54, 1.807) is 0 Å². The van der Waals surface area contributed by atoms with E-state index in [1.807, 2.05) is 0 Å². The largest absolute Gasteiger partial charge is 0.310 e. The molecule has 0 aromatic carbocycles. The summed E-state index contributed by atoms with van der Waals surface area (Å²) in [5.74, 6) is 0.816. The van der Waals surface area contributed by atoms with E-state index in [1.165, 1.54) is 0 Å². The maximum absolute atomic E-state index is 11.8. The molecule has 0 spiro atoms. The van der Waals surface area contributed by atoms with Crippen molar-refractivity contribution in [3.63, 3.8) is 0 Å². The molecule has 0 aliphatic heterocycles. The number of nitrogens with zero attached hydrogens (tertiary/aromatic N) is 2. The summed E-state index contributed by atoms with van der Waals surface area (Å²) >= 11 is 2.08. The summed E-state index contributed by atoms with van der Waals surface area (Å²) in [7, 11) is 0. The second-order valence-corrected chi connectivity index (χ2v) is 5.38. The first-order valence-electron chi connectivity index (χ1n) is 6.62. The van der Waals surface area contributed by atoms with Crippen LogP contribution in [0.5, 0.6) is 0 Å². The van der Waals surface area contributed by atoms with Crippen LogP contribution in [-0.2, 0) is 12.8 Å². The smallest absolute Gasteiger partial charge is 0.264 e. The van der Waals surface area contributed by atoms with Gasteiger partial charge in [0.1, 0.15) is 5.82 Å². The average molecular weight is 363 g/mol. The molecule has 0 aliphatic carbocycles. The number of aromatic amines is 1. The second-order valence-electron chi connectivity index (χ2n) is 4.30. The van der Waals surface area contributed by atoms with Gasteiger partial charge in [-0.25, -0.2) is 4.98 Å². The Morgan fingerprint density at radius 2 is 1.89 bits per heavy atom. The third kappa shape index (κ3) is 4.35. The van der Waals surface area contributed by atoms with E-state index in [-0.39, 0.29) is 5.56 Å². The molecule has 0 amide bonds. The third-order valence-electron chi connectivity index (χ3n) is 3.03. The lowest BCUT2D eigenvalue weighted by Gasteiger charge is -2.17. The van der Waals surface area contributed by atoms with Crippen LogP contribution in [-0.4, -0.2) is 34.5 Å². The highest BCUT2D eigenvalue weighted by molar-refractivity contribution is 14.1. The molecule has 1 N–H and O–H groups in total. The summed E-state index contributed by atoms with van der Waals surface area (Å²) in [5.41, 5.74) is 0.944. The molecule has 4 nitrogen and oxygen atoms in total. The predicted molar refractivity (Wildman–Crippen MR) is 83.1 cm³/mol. The quantitative estimate of drug-likeness (QED) is 0.756. The Morgan fingerprint density at radius 3 is 2.44 bits per heavy atom. The standard InChI is InChI=1S/C13H22IN3O/c1-4-7-10-12(14)13(18)16-11(15-10)8-9-17(5-2)6-3/h4-9H2,1-3H3,(H,15,16,18). The first kappa shape index (κ1) is 15.6. The van der Waals surface area contributed by atoms with Gasteiger partial charge in [-0.15, -0.1) is 0 Å². The van der Waals surface area contributed by atoms with Crippen molar-refractivity contribution in [3.05, 3.63) is 25.4 Å². The number of likely N-dealkylation sites (N-methyl/N-ethyl adjacent to an activating group) is 1. The number of aromatic nitrogens is 2. The molecule has 0 unspecified atom stereocenters. The summed E-state index contributed by atoms with van der Waals surface area (Å²) < 4.78 is 0.737. The Balaban J connectivity index is 2.80. The molecule has 0 saturated heterocycles. The zero-order chi connectivity index (χ0) is 13.5. The average Bonchev–Trinajstić information content (AvgIpc) is 2.36. The van der Waals surface area contributed by atoms with Gasteiger partial charge < -0.3 is 9.88 Å². The van der Waals surface area contributed by atoms with Crippen LogP contribution in [0.15, 0.2) is 4.79 Å². The molecule has 0 atom stereocenters. The lowest BCUT2D eigenvalue weighted by Crippen LogP contribution is -2.27. The van der Waals surface area contributed by atoms with Crippen LogP contribution in [0.25, 0.3) is 0 Å². The van der Waals surface area contributed by atoms with Crippen molar-refractivity contribution >= 4 is 22.6 Å². The van der Waals surface area contributed by atoms with Crippen LogP contribution >= 0.6 is 22.6 Å². The molecular formula is C13H22IN3O. The van der Waals surface area contributed by atoms with E-state index in [9.17, 15) is 4.79 Å². The lowest BCUT2D eigenvalue weighted by atomic mass is 10.2. The normalized spacial score (nSPS) is 11.2. The van der Waals surface area contributed by atoms with Crippen LogP contribution in [0.1, 0.15) is 38.7 Å². The Bertz CT molecular complexity index is 427. The van der Waals surface area contributed by atoms with Gasteiger partial charge in [-0.1, -0.05) is 27.2 Å². The Hall–Kier alpha value is -0.430. The molecule has 5 heteroatoms. The summed E-state index contributed by atoms with van der Waals surface area (Å²) in [4.78, 5) is 21.6. The van der Waals surface area contributed by atoms with Crippen LogP contribution in [0.2, 0.25) is 0 Å². The molecule has 1 heterocycles. The summed E-state index contributed by atoms with van der Waals surface area (Å²) in [5, 5.41) is 0. The van der Waals surface area contributed by atoms with Crippen molar-refractivity contribution in [2.24, 2.45) is 0 Å². The van der Waals surface area contributed by atoms with Crippen molar-refractivity contribution in [2.45, 2.75) is 40.0 Å². The molecule has 18 heavy (non-hydrogen) atoms. The first-order valence-corrected chi connectivity index (χ1v) is 7.70. The number of nitrogens with one attached hydrogen (secondary N) is 1. The maximum atomic E-state index is 11.8. The van der Waals surface area contributed by atoms with Crippen LogP contribution in [0.4, 0.5) is 0 Å². The molecule has 0 aliphatic rings. The highest BCUT2D eigenvalue weighted by Gasteiger charge is 2.09. The lowest BCUT2D eigenvalue weighted by molar-refractivity contribution is 0.305. The van der Waals surface area contributed by atoms with Gasteiger partial charge in [0.05, 0.1) is 9.26 Å². The summed E-state index contributed by atoms with van der Waals surface area (Å²) in [6.07, 6.45) is 2.70. The minimum absolute atomic E-state index is 0.00333. The van der Waals surface area contributed by atoms with Gasteiger partial charge in [0, 0.05) is 13.0 Å². The molecule has 1 aromatic rings. The van der Waals surface area contributed by atoms with Crippen molar-refractivity contribution in [3.8, 4) is 0 Å². The zero-order valence-corrected chi connectivity index (χ0v) is 13.6. The van der Waals surface area contributed by atoms with Crippen molar-refractivity contribution < 1.29 is 0 Å². The van der Waals surface area contributed by atoms with Gasteiger partial charge in [0.2, 0.25) is 0 Å². The fraction of sp³-hybridized carbons (Fsp3) is 0.692. The molecule has 0 fully saturated rings. The summed E-state index contributed by atoms with van der Waals surface area (Å²) in [6.45, 7) is 9.42. The zero-order valence-electron chi connectivity index (χ0n) is 11.4. The van der Waals surface area contributed by atoms with Crippen LogP contribution in [0.3, 0.4) is 0 Å². The van der Waals surface area contributed by atoms with E-state index in [0.717, 1.165) is 54.0 Å². The Morgan fingerprint density at radius 1 is 1.22 bits per heavy atom. The van der Waals surface area contributed by atoms with Crippen LogP contribution < -0.4 is 5.56 Å². The van der Waals surface area contributed by atoms with Crippen molar-refractivity contribution in [2.75, 3.05) is 19.6 Å². The van der Waals surface area contributed by atoms with Gasteiger partial charge in [-0.2, -0.15) is 0 Å². The van der Waals surface area contributed by atoms with E-state index >= 15 is 0 Å². The molecule has 0 saturated carbocycles. The van der Waals surface area contributed by atoms with Gasteiger partial charge in [0.25, 0.3) is 5.56 Å². The molecule has 0 radical (unpaired) electrons. The van der Waals surface area contributed by atoms with E-state index in [2.05, 4.69) is 58.2 Å². The van der Waals surface area contributed by atoms with Crippen molar-refractivity contribution in [1.82, 2.24) is 14.9 Å². The number of hydrogen-bond donors (Lipinski definition) is 1. The molecule has 0 bridgehead atoms. The van der Waals surface area contributed by atoms with Gasteiger partial charge in [-0.05, 0) is 42.1 Å². The SMILES string of the molecule is CCCc1nc(CCN(CC)CC)[nH]c(=O)c1I. The molecule has 1 aromatic heterocycles. The number of halogens is 1. The van der Waals surface area contributed by atoms with Gasteiger partial charge in [0.15, 0.2) is 0 Å². The Kier molecular flexibility index (Phi) is 6.85. The molecule has 102 valence electrons. The number of aryl methyl sites for hydroxylation is 1. The van der Waals surface area contributed by atoms with Gasteiger partial charge in [-0.3, -0.25) is 4.79 Å². The van der Waals surface area contributed by atoms with Crippen LogP contribution in [0, 0.1) is 3.57 Å². The summed E-state index contributed by atoms with van der Waals surface area (Å²) in [6, 6.07) is 0. The fourth-order valence-corrected chi connectivity index (χ4v) is 2.41. The predicted octanol–water partition coefficient (Wildman–Crippen LogP) is 2.21. The minimum Gasteiger partial charge on any atom is -0.310 e. The second kappa shape index (κ2) is 7.89. The van der Waals surface area contributed by atoms with E-state index in [4.69, 9.17) is 0 Å². The highest BCUT2D eigenvalue weighted by Crippen LogP contribution is 2.07. The topological polar surface area (TPSA) is 49.0 Å². The Labute approximate surface area is 122 Å². The first-order chi connectivity index (χ1) is 8.62. The third-order valence-corrected chi connectivity index (χ3v) is 4.14. The molecule has 1 rings (SSSR count). The number of hydrogen-bond acceptors (Lipinski definition) is 3. The minimum atomic E-state index is 0.00333. The van der Waals surface area contributed by atoms with Crippen molar-refractivity contribution in [1.29, 1.82) is 0 Å². The van der Waals surface area contributed by atoms with Gasteiger partial charge >= 0.3 is 0 Å². The van der Waals surface area contributed by atoms with E-state index in [0.29, 0.717) is 0 Å². The molecular weight excluding hydrogens is 341 g/mol. The highest BCUT2D eigenvalue weighted by atomic mass is 127. The maximum Gasteiger partial charge on any atom is 0.264 e.